The van der Waals surface area contributed by atoms with Gasteiger partial charge in [0, 0.05) is 18.5 Å². The summed E-state index contributed by atoms with van der Waals surface area (Å²) in [7, 11) is -0.380. The maximum absolute atomic E-state index is 12.3. The average molecular weight is 427 g/mol. The van der Waals surface area contributed by atoms with Gasteiger partial charge in [0.15, 0.2) is 0 Å². The van der Waals surface area contributed by atoms with E-state index in [1.165, 1.54) is 0 Å². The Morgan fingerprint density at radius 3 is 2.32 bits per heavy atom. The number of likely N-dealkylation sites (tertiary alicyclic amines) is 1. The molecular formula is C23H34BN3O4. The maximum atomic E-state index is 12.3. The highest BCUT2D eigenvalue weighted by atomic mass is 16.7. The highest BCUT2D eigenvalue weighted by molar-refractivity contribution is 6.62. The van der Waals surface area contributed by atoms with E-state index in [0.29, 0.717) is 13.1 Å². The van der Waals surface area contributed by atoms with Gasteiger partial charge in [-0.05, 0) is 72.8 Å². The van der Waals surface area contributed by atoms with Crippen molar-refractivity contribution < 1.29 is 18.8 Å². The number of aromatic nitrogens is 2. The zero-order chi connectivity index (χ0) is 22.6. The lowest BCUT2D eigenvalue weighted by molar-refractivity contribution is 0.00578. The molecule has 0 aliphatic carbocycles. The summed E-state index contributed by atoms with van der Waals surface area (Å²) in [6.07, 6.45) is 3.39. The van der Waals surface area contributed by atoms with Crippen LogP contribution in [0.15, 0.2) is 24.4 Å². The molecule has 4 rings (SSSR count). The molecule has 168 valence electrons. The number of carbonyl (C=O) groups is 1. The van der Waals surface area contributed by atoms with Crippen LogP contribution in [-0.2, 0) is 14.0 Å². The van der Waals surface area contributed by atoms with Gasteiger partial charge in [0.1, 0.15) is 5.60 Å². The standard InChI is InChI=1S/C23H34BN3O4/c1-21(2,3)29-20(28)26-12-10-18(11-13-26)27-19-9-8-17(14-16(19)15-25-27)24-30-22(4,5)23(6,7)31-24/h8-9,14-15,18H,10-13H2,1-7H3. The van der Waals surface area contributed by atoms with Gasteiger partial charge in [0.2, 0.25) is 0 Å². The monoisotopic (exact) mass is 427 g/mol. The third-order valence-electron chi connectivity index (χ3n) is 6.61. The smallest absolute Gasteiger partial charge is 0.444 e. The fourth-order valence-electron chi connectivity index (χ4n) is 4.11. The Labute approximate surface area is 185 Å². The second-order valence-corrected chi connectivity index (χ2v) is 10.7. The number of benzene rings is 1. The largest absolute Gasteiger partial charge is 0.494 e. The normalized spacial score (nSPS) is 21.6. The van der Waals surface area contributed by atoms with Crippen molar-refractivity contribution in [2.24, 2.45) is 0 Å². The van der Waals surface area contributed by atoms with Crippen molar-refractivity contribution in [3.8, 4) is 0 Å². The van der Waals surface area contributed by atoms with Crippen LogP contribution in [0.2, 0.25) is 0 Å². The topological polar surface area (TPSA) is 65.8 Å². The highest BCUT2D eigenvalue weighted by Crippen LogP contribution is 2.36. The van der Waals surface area contributed by atoms with Crippen LogP contribution in [-0.4, -0.2) is 57.8 Å². The Balaban J connectivity index is 1.46. The number of hydrogen-bond acceptors (Lipinski definition) is 5. The van der Waals surface area contributed by atoms with E-state index in [-0.39, 0.29) is 30.5 Å². The van der Waals surface area contributed by atoms with E-state index in [9.17, 15) is 4.79 Å². The van der Waals surface area contributed by atoms with Crippen LogP contribution in [0, 0.1) is 0 Å². The van der Waals surface area contributed by atoms with Crippen LogP contribution >= 0.6 is 0 Å². The van der Waals surface area contributed by atoms with Gasteiger partial charge in [0.05, 0.1) is 29.0 Å². The summed E-state index contributed by atoms with van der Waals surface area (Å²) in [6.45, 7) is 15.3. The van der Waals surface area contributed by atoms with Gasteiger partial charge in [-0.25, -0.2) is 4.79 Å². The van der Waals surface area contributed by atoms with Gasteiger partial charge in [0.25, 0.3) is 0 Å². The first-order valence-electron chi connectivity index (χ1n) is 11.2. The highest BCUT2D eigenvalue weighted by Gasteiger charge is 2.51. The fraction of sp³-hybridized carbons (Fsp3) is 0.652. The molecule has 1 aromatic heterocycles. The number of nitrogens with zero attached hydrogens (tertiary/aromatic N) is 3. The molecule has 0 bridgehead atoms. The number of fused-ring (bicyclic) bond motifs is 1. The predicted molar refractivity (Wildman–Crippen MR) is 122 cm³/mol. The second kappa shape index (κ2) is 7.52. The van der Waals surface area contributed by atoms with E-state index in [1.54, 1.807) is 4.90 Å². The van der Waals surface area contributed by atoms with Crippen molar-refractivity contribution in [3.63, 3.8) is 0 Å². The van der Waals surface area contributed by atoms with Crippen molar-refractivity contribution >= 4 is 29.6 Å². The molecule has 31 heavy (non-hydrogen) atoms. The Morgan fingerprint density at radius 2 is 1.74 bits per heavy atom. The van der Waals surface area contributed by atoms with E-state index in [2.05, 4.69) is 55.7 Å². The predicted octanol–water partition coefficient (Wildman–Crippen LogP) is 3.91. The molecule has 0 saturated carbocycles. The zero-order valence-corrected chi connectivity index (χ0v) is 19.8. The molecule has 0 atom stereocenters. The van der Waals surface area contributed by atoms with Gasteiger partial charge in [-0.1, -0.05) is 12.1 Å². The first-order chi connectivity index (χ1) is 14.4. The lowest BCUT2D eigenvalue weighted by Crippen LogP contribution is -2.42. The number of carbonyl (C=O) groups excluding carboxylic acids is 1. The third-order valence-corrected chi connectivity index (χ3v) is 6.61. The van der Waals surface area contributed by atoms with E-state index >= 15 is 0 Å². The Morgan fingerprint density at radius 1 is 1.13 bits per heavy atom. The first kappa shape index (κ1) is 22.2. The first-order valence-corrected chi connectivity index (χ1v) is 11.2. The van der Waals surface area contributed by atoms with Crippen LogP contribution in [0.25, 0.3) is 10.9 Å². The Hall–Kier alpha value is -2.06. The summed E-state index contributed by atoms with van der Waals surface area (Å²) >= 11 is 0. The van der Waals surface area contributed by atoms with Crippen molar-refractivity contribution in [1.82, 2.24) is 14.7 Å². The van der Waals surface area contributed by atoms with Gasteiger partial charge < -0.3 is 18.9 Å². The lowest BCUT2D eigenvalue weighted by atomic mass is 9.78. The number of ether oxygens (including phenoxy) is 1. The summed E-state index contributed by atoms with van der Waals surface area (Å²) in [5, 5.41) is 5.74. The molecule has 2 fully saturated rings. The van der Waals surface area contributed by atoms with Crippen LogP contribution in [0.5, 0.6) is 0 Å². The average Bonchev–Trinajstić information content (AvgIpc) is 3.17. The van der Waals surface area contributed by atoms with Gasteiger partial charge >= 0.3 is 13.2 Å². The maximum Gasteiger partial charge on any atom is 0.494 e. The number of rotatable bonds is 2. The SMILES string of the molecule is CC(C)(C)OC(=O)N1CCC(n2ncc3cc(B4OC(C)(C)C(C)(C)O4)ccc32)CC1. The van der Waals surface area contributed by atoms with Crippen LogP contribution in [0.3, 0.4) is 0 Å². The minimum atomic E-state index is -0.471. The molecule has 2 aliphatic heterocycles. The molecule has 0 unspecified atom stereocenters. The molecule has 1 amide bonds. The number of hydrogen-bond donors (Lipinski definition) is 0. The van der Waals surface area contributed by atoms with Crippen molar-refractivity contribution in [2.45, 2.75) is 84.2 Å². The van der Waals surface area contributed by atoms with Gasteiger partial charge in [-0.3, -0.25) is 4.68 Å². The molecule has 7 nitrogen and oxygen atoms in total. The fourth-order valence-corrected chi connectivity index (χ4v) is 4.11. The van der Waals surface area contributed by atoms with Crippen LogP contribution in [0.1, 0.15) is 67.3 Å². The zero-order valence-electron chi connectivity index (χ0n) is 19.8. The summed E-state index contributed by atoms with van der Waals surface area (Å²) in [5.41, 5.74) is 0.903. The minimum absolute atomic E-state index is 0.233. The third kappa shape index (κ3) is 4.33. The molecule has 2 aliphatic rings. The van der Waals surface area contributed by atoms with E-state index in [1.807, 2.05) is 27.0 Å². The second-order valence-electron chi connectivity index (χ2n) is 10.7. The van der Waals surface area contributed by atoms with Crippen LogP contribution < -0.4 is 5.46 Å². The van der Waals surface area contributed by atoms with E-state index in [0.717, 1.165) is 29.2 Å². The molecule has 1 aromatic carbocycles. The van der Waals surface area contributed by atoms with Crippen molar-refractivity contribution in [3.05, 3.63) is 24.4 Å². The van der Waals surface area contributed by atoms with Crippen molar-refractivity contribution in [1.29, 1.82) is 0 Å². The molecule has 0 radical (unpaired) electrons. The summed E-state index contributed by atoms with van der Waals surface area (Å²) in [6, 6.07) is 6.54. The molecule has 8 heteroatoms. The van der Waals surface area contributed by atoms with Crippen molar-refractivity contribution in [2.75, 3.05) is 13.1 Å². The summed E-state index contributed by atoms with van der Waals surface area (Å²) < 4.78 is 20.0. The molecule has 2 aromatic rings. The number of amides is 1. The quantitative estimate of drug-likeness (QED) is 0.680. The molecule has 2 saturated heterocycles. The van der Waals surface area contributed by atoms with Crippen LogP contribution in [0.4, 0.5) is 4.79 Å². The summed E-state index contributed by atoms with van der Waals surface area (Å²) in [4.78, 5) is 14.1. The molecule has 0 N–H and O–H groups in total. The minimum Gasteiger partial charge on any atom is -0.444 e. The Bertz CT molecular complexity index is 955. The lowest BCUT2D eigenvalue weighted by Gasteiger charge is -2.33. The molecular weight excluding hydrogens is 393 g/mol. The molecule has 3 heterocycles. The molecule has 0 spiro atoms. The van der Waals surface area contributed by atoms with E-state index in [4.69, 9.17) is 14.0 Å². The number of piperidine rings is 1. The van der Waals surface area contributed by atoms with Gasteiger partial charge in [-0.15, -0.1) is 0 Å². The van der Waals surface area contributed by atoms with Gasteiger partial charge in [-0.2, -0.15) is 5.10 Å². The summed E-state index contributed by atoms with van der Waals surface area (Å²) in [5.74, 6) is 0. The van der Waals surface area contributed by atoms with E-state index < -0.39 is 5.60 Å². The Kier molecular flexibility index (Phi) is 5.37.